The number of amides is 1. The molecule has 5 fully saturated rings. The van der Waals surface area contributed by atoms with Crippen molar-refractivity contribution in [3.8, 4) is 11.5 Å². The van der Waals surface area contributed by atoms with Gasteiger partial charge < -0.3 is 127 Å². The zero-order valence-electron chi connectivity index (χ0n) is 71.7. The number of ether oxygens (including phenoxy) is 20. The van der Waals surface area contributed by atoms with E-state index in [4.69, 9.17) is 126 Å². The number of alkyl halides is 6. The average Bonchev–Trinajstić information content (AvgIpc) is 0.739. The first kappa shape index (κ1) is 104. The van der Waals surface area contributed by atoms with Crippen LogP contribution in [-0.2, 0) is 155 Å². The number of morpholine rings is 1. The van der Waals surface area contributed by atoms with Gasteiger partial charge >= 0.3 is 66.1 Å². The normalized spacial score (nSPS) is 26.9. The first-order valence-electron chi connectivity index (χ1n) is 40.6. The second-order valence-corrected chi connectivity index (χ2v) is 30.0. The highest BCUT2D eigenvalue weighted by Gasteiger charge is 2.65. The number of halogens is 6. The third kappa shape index (κ3) is 29.2. The van der Waals surface area contributed by atoms with Crippen LogP contribution >= 0.6 is 0 Å². The number of nitrogens with zero attached hydrogens (tertiary/aromatic N) is 3. The van der Waals surface area contributed by atoms with Crippen LogP contribution in [0.1, 0.15) is 80.1 Å². The first-order chi connectivity index (χ1) is 62.7. The van der Waals surface area contributed by atoms with Gasteiger partial charge in [0.05, 0.1) is 96.5 Å². The molecule has 0 aliphatic carbocycles. The van der Waals surface area contributed by atoms with E-state index in [9.17, 15) is 70.5 Å². The molecule has 5 aliphatic heterocycles. The molecule has 1 spiro atoms. The summed E-state index contributed by atoms with van der Waals surface area (Å²) in [5, 5.41) is 34.7. The van der Waals surface area contributed by atoms with E-state index in [-0.39, 0.29) is 38.6 Å². The maximum absolute atomic E-state index is 15.6. The van der Waals surface area contributed by atoms with Crippen molar-refractivity contribution in [2.24, 2.45) is 16.6 Å². The Labute approximate surface area is 749 Å². The minimum Gasteiger partial charge on any atom is -0.497 e. The molecule has 0 unspecified atom stereocenters. The van der Waals surface area contributed by atoms with Gasteiger partial charge in [-0.15, -0.1) is 0 Å². The van der Waals surface area contributed by atoms with Crippen molar-refractivity contribution in [1.82, 2.24) is 5.32 Å². The Morgan fingerprint density at radius 1 is 0.561 bits per heavy atom. The molecule has 5 aliphatic rings. The molecule has 39 nitrogen and oxygen atoms in total. The minimum absolute atomic E-state index is 0.0334. The number of carbonyl (C=O) groups excluding carboxylic acids is 8. The van der Waals surface area contributed by atoms with Crippen LogP contribution in [0.15, 0.2) is 181 Å². The van der Waals surface area contributed by atoms with Crippen LogP contribution in [0.4, 0.5) is 26.3 Å². The molecular weight excluding hydrogens is 1770 g/mol. The number of azide groups is 1. The number of aliphatic hydroxyl groups excluding tert-OH is 1. The van der Waals surface area contributed by atoms with Crippen molar-refractivity contribution < 1.29 is 184 Å². The van der Waals surface area contributed by atoms with Gasteiger partial charge in [0.25, 0.3) is 17.5 Å². The SMILES string of the molecule is COC(=O)[C@@]1(O[C@@H]2[C@@H](O)[C@H](O[C@H]3[C@H](OCc4ccccc4)[C@@H](OCc4ccccc4)[C@H](Oc4ccc(OC)cc4)O[C@@H]3COCc3ccccc3)O[C@H](COCc3ccccc3)[C@@H]2N=[N+]=[N-])C[C@H](OC(=O)c2ccccc2)[C@@H](N)[C@H]([C@H](OC(C)=O)[C@H]2CNC(=O)[C@@]3(C[C@H](OC(C)=O)[C@@H](N)[C@H]([C@H](OC(C)=O)[C@@H](COC(C)=O)OC(C)=O)O3)O2)O1.O=C(O)C(F)(F)F.O=C(O)C(F)(F)F. The zero-order chi connectivity index (χ0) is 96.2. The fourth-order valence-corrected chi connectivity index (χ4v) is 14.5. The highest BCUT2D eigenvalue weighted by molar-refractivity contribution is 5.89. The Kier molecular flexibility index (Phi) is 38.0. The molecule has 1 amide bonds. The van der Waals surface area contributed by atoms with Crippen molar-refractivity contribution >= 4 is 59.6 Å². The van der Waals surface area contributed by atoms with E-state index in [0.717, 1.165) is 52.9 Å². The van der Waals surface area contributed by atoms with Crippen LogP contribution < -0.4 is 26.3 Å². The van der Waals surface area contributed by atoms with Crippen LogP contribution in [0.2, 0.25) is 0 Å². The fourth-order valence-electron chi connectivity index (χ4n) is 14.5. The summed E-state index contributed by atoms with van der Waals surface area (Å²) in [5.74, 6) is -19.0. The minimum atomic E-state index is -5.08. The summed E-state index contributed by atoms with van der Waals surface area (Å²) in [6, 6.07) is 45.8. The van der Waals surface area contributed by atoms with E-state index in [1.807, 2.05) is 91.0 Å². The molecule has 45 heteroatoms. The van der Waals surface area contributed by atoms with Crippen LogP contribution in [0, 0.1) is 0 Å². The van der Waals surface area contributed by atoms with Gasteiger partial charge in [-0.2, -0.15) is 26.3 Å². The molecule has 6 aromatic rings. The zero-order valence-corrected chi connectivity index (χ0v) is 71.7. The number of carboxylic acids is 2. The molecule has 132 heavy (non-hydrogen) atoms. The summed E-state index contributed by atoms with van der Waals surface area (Å²) in [4.78, 5) is 131. The van der Waals surface area contributed by atoms with Gasteiger partial charge in [-0.3, -0.25) is 28.8 Å². The monoisotopic (exact) mass is 1870 g/mol. The Bertz CT molecular complexity index is 4810. The molecule has 0 aromatic heterocycles. The second kappa shape index (κ2) is 48.4. The third-order valence-corrected chi connectivity index (χ3v) is 20.4. The number of benzene rings is 6. The Hall–Kier alpha value is -12.0. The summed E-state index contributed by atoms with van der Waals surface area (Å²) in [5.41, 5.74) is 27.7. The van der Waals surface area contributed by atoms with E-state index in [2.05, 4.69) is 15.3 Å². The van der Waals surface area contributed by atoms with Crippen LogP contribution in [-0.4, -0.2) is 262 Å². The molecule has 8 N–H and O–H groups in total. The maximum atomic E-state index is 15.6. The number of nitrogens with one attached hydrogen (secondary N) is 1. The lowest BCUT2D eigenvalue weighted by Crippen LogP contribution is -2.74. The van der Waals surface area contributed by atoms with E-state index >= 15 is 4.79 Å². The number of hydrogen-bond acceptors (Lipinski definition) is 34. The van der Waals surface area contributed by atoms with Gasteiger partial charge in [0, 0.05) is 46.1 Å². The lowest BCUT2D eigenvalue weighted by molar-refractivity contribution is -0.378. The van der Waals surface area contributed by atoms with E-state index in [1.54, 1.807) is 72.8 Å². The third-order valence-electron chi connectivity index (χ3n) is 20.4. The number of nitrogens with two attached hydrogens (primary N) is 2. The number of rotatable bonds is 35. The molecule has 11 rings (SSSR count). The van der Waals surface area contributed by atoms with Gasteiger partial charge in [0.1, 0.15) is 85.2 Å². The highest BCUT2D eigenvalue weighted by Crippen LogP contribution is 2.45. The molecule has 22 atom stereocenters. The van der Waals surface area contributed by atoms with Crippen LogP contribution in [0.25, 0.3) is 10.4 Å². The van der Waals surface area contributed by atoms with Gasteiger partial charge in [-0.25, -0.2) is 19.2 Å². The second-order valence-electron chi connectivity index (χ2n) is 30.0. The van der Waals surface area contributed by atoms with E-state index < -0.39 is 238 Å². The van der Waals surface area contributed by atoms with Crippen molar-refractivity contribution in [1.29, 1.82) is 0 Å². The molecular formula is C87H98F6N6O33. The molecule has 0 saturated carbocycles. The Morgan fingerprint density at radius 2 is 1.04 bits per heavy atom. The summed E-state index contributed by atoms with van der Waals surface area (Å²) in [7, 11) is 2.47. The number of hydrogen-bond donors (Lipinski definition) is 6. The lowest BCUT2D eigenvalue weighted by Gasteiger charge is -2.53. The standard InChI is InChI=1S/C83H96N6O29.2C2HF3O2/c1-47(90)103-46-64(107-49(3)92)70(109-51(5)94)73-65(84)59(106-48(2)91)37-82(116-73)80(97)87-39-61(115-82)69(108-50(4)93)72-66(85)60(111-77(96)56-31-21-12-22-32-56)38-83(117-72,81(98)100-7)118-74-67(88-89-86)62(44-101-40-52-23-13-8-14-24-52)112-78(68(74)95)114-71-63(45-102-41-53-25-15-9-16-26-53)113-79(110-58-35-33-57(99-6)34-36-58)76(105-43-55-29-19-11-20-30-55)75(71)104-42-54-27-17-10-18-28-54;2*3-2(4,5)1(6)7/h8-36,59-76,78-79,95H,37-46,84-85H2,1-7H3,(H,87,97);2*(H,6,7)/t59-,60-,61+,62+,63+,64+,65+,66+,67-,68+,69+,70+,71+,72+,73+,74-,75-,76+,78-,79+,82-,83-;;/m0../s1. The fraction of sp³-hybridized carbons (Fsp3) is 0.471. The molecule has 0 bridgehead atoms. The van der Waals surface area contributed by atoms with Crippen LogP contribution in [0.5, 0.6) is 11.5 Å². The number of methoxy groups -OCH3 is 2. The van der Waals surface area contributed by atoms with E-state index in [0.29, 0.717) is 22.6 Å². The van der Waals surface area contributed by atoms with Crippen LogP contribution in [0.3, 0.4) is 0 Å². The number of esters is 7. The van der Waals surface area contributed by atoms with Crippen molar-refractivity contribution in [2.45, 2.75) is 220 Å². The molecule has 6 aromatic carbocycles. The molecule has 5 heterocycles. The number of aliphatic carboxylic acids is 2. The average molecular weight is 1870 g/mol. The maximum Gasteiger partial charge on any atom is 0.490 e. The Balaban J connectivity index is 0.00000129. The predicted molar refractivity (Wildman–Crippen MR) is 434 cm³/mol. The summed E-state index contributed by atoms with van der Waals surface area (Å²) in [6.07, 6.45) is -41.4. The summed E-state index contributed by atoms with van der Waals surface area (Å²) >= 11 is 0. The number of carbonyl (C=O) groups is 10. The number of carboxylic acid groups (broad SMARTS) is 2. The van der Waals surface area contributed by atoms with Gasteiger partial charge in [-0.05, 0) is 64.2 Å². The first-order valence-corrected chi connectivity index (χ1v) is 40.6. The van der Waals surface area contributed by atoms with Gasteiger partial charge in [0.15, 0.2) is 24.6 Å². The smallest absolute Gasteiger partial charge is 0.490 e. The van der Waals surface area contributed by atoms with E-state index in [1.165, 1.54) is 19.2 Å². The quantitative estimate of drug-likeness (QED) is 0.00580. The highest BCUT2D eigenvalue weighted by atomic mass is 19.4. The predicted octanol–water partition coefficient (Wildman–Crippen LogP) is 7.03. The number of aliphatic hydroxyl groups is 1. The summed E-state index contributed by atoms with van der Waals surface area (Å²) in [6.45, 7) is 2.67. The van der Waals surface area contributed by atoms with Crippen molar-refractivity contribution in [3.05, 3.63) is 214 Å². The lowest BCUT2D eigenvalue weighted by atomic mass is 9.86. The van der Waals surface area contributed by atoms with Gasteiger partial charge in [0.2, 0.25) is 6.29 Å². The van der Waals surface area contributed by atoms with Gasteiger partial charge in [-0.1, -0.05) is 145 Å². The topological polar surface area (TPSA) is 529 Å². The molecule has 5 saturated heterocycles. The summed E-state index contributed by atoms with van der Waals surface area (Å²) < 4.78 is 191. The van der Waals surface area contributed by atoms with Crippen molar-refractivity contribution in [2.75, 3.05) is 40.6 Å². The van der Waals surface area contributed by atoms with Crippen molar-refractivity contribution in [3.63, 3.8) is 0 Å². The molecule has 0 radical (unpaired) electrons. The molecule has 716 valence electrons. The Morgan fingerprint density at radius 3 is 1.52 bits per heavy atom. The largest absolute Gasteiger partial charge is 0.497 e.